The number of thiazole rings is 1. The molecule has 23 heavy (non-hydrogen) atoms. The maximum Gasteiger partial charge on any atom is 0.309 e. The van der Waals surface area contributed by atoms with Crippen LogP contribution in [0.2, 0.25) is 0 Å². The van der Waals surface area contributed by atoms with Crippen molar-refractivity contribution in [2.75, 3.05) is 26.2 Å². The van der Waals surface area contributed by atoms with Crippen molar-refractivity contribution in [2.24, 2.45) is 10.9 Å². The minimum absolute atomic E-state index is 0.0238. The predicted molar refractivity (Wildman–Crippen MR) is 92.6 cm³/mol. The fraction of sp³-hybridized carbons (Fsp3) is 0.688. The summed E-state index contributed by atoms with van der Waals surface area (Å²) in [4.78, 5) is 24.3. The van der Waals surface area contributed by atoms with E-state index in [1.165, 1.54) is 4.88 Å². The Morgan fingerprint density at radius 1 is 1.48 bits per heavy atom. The number of rotatable bonds is 5. The van der Waals surface area contributed by atoms with Gasteiger partial charge in [-0.2, -0.15) is 0 Å². The molecule has 1 fully saturated rings. The van der Waals surface area contributed by atoms with Gasteiger partial charge >= 0.3 is 5.97 Å². The Morgan fingerprint density at radius 2 is 2.22 bits per heavy atom. The molecule has 7 heteroatoms. The number of likely N-dealkylation sites (tertiary alicyclic amines) is 1. The van der Waals surface area contributed by atoms with Crippen molar-refractivity contribution >= 4 is 23.3 Å². The number of hydrogen-bond donors (Lipinski definition) is 1. The molecule has 128 valence electrons. The average Bonchev–Trinajstić information content (AvgIpc) is 2.97. The number of aliphatic imine (C=N–C) groups is 1. The molecule has 1 saturated heterocycles. The first-order chi connectivity index (χ1) is 11.1. The van der Waals surface area contributed by atoms with Crippen molar-refractivity contribution in [1.29, 1.82) is 0 Å². The highest BCUT2D eigenvalue weighted by Crippen LogP contribution is 2.19. The van der Waals surface area contributed by atoms with Crippen LogP contribution in [-0.2, 0) is 16.1 Å². The van der Waals surface area contributed by atoms with E-state index >= 15 is 0 Å². The van der Waals surface area contributed by atoms with Gasteiger partial charge in [0.05, 0.1) is 19.1 Å². The highest BCUT2D eigenvalue weighted by molar-refractivity contribution is 7.11. The van der Waals surface area contributed by atoms with E-state index in [0.717, 1.165) is 43.4 Å². The molecule has 1 aromatic rings. The van der Waals surface area contributed by atoms with Gasteiger partial charge in [0.2, 0.25) is 0 Å². The summed E-state index contributed by atoms with van der Waals surface area (Å²) in [5, 5.41) is 4.36. The molecule has 1 N–H and O–H groups in total. The first-order valence-corrected chi connectivity index (χ1v) is 9.06. The summed E-state index contributed by atoms with van der Waals surface area (Å²) < 4.78 is 5.12. The van der Waals surface area contributed by atoms with Crippen molar-refractivity contribution in [1.82, 2.24) is 15.2 Å². The van der Waals surface area contributed by atoms with Crippen molar-refractivity contribution in [3.05, 3.63) is 16.1 Å². The molecule has 2 heterocycles. The molecule has 2 rings (SSSR count). The fourth-order valence-corrected chi connectivity index (χ4v) is 3.34. The van der Waals surface area contributed by atoms with E-state index < -0.39 is 0 Å². The first-order valence-electron chi connectivity index (χ1n) is 8.25. The van der Waals surface area contributed by atoms with Crippen molar-refractivity contribution in [3.63, 3.8) is 0 Å². The summed E-state index contributed by atoms with van der Waals surface area (Å²) in [5.41, 5.74) is 0. The van der Waals surface area contributed by atoms with Crippen molar-refractivity contribution in [3.8, 4) is 0 Å². The lowest BCUT2D eigenvalue weighted by atomic mass is 9.97. The van der Waals surface area contributed by atoms with Crippen LogP contribution in [0.1, 0.15) is 36.6 Å². The molecule has 0 aromatic carbocycles. The van der Waals surface area contributed by atoms with E-state index in [1.54, 1.807) is 11.3 Å². The summed E-state index contributed by atoms with van der Waals surface area (Å²) in [6.45, 7) is 9.49. The first kappa shape index (κ1) is 17.7. The molecule has 0 spiro atoms. The van der Waals surface area contributed by atoms with Gasteiger partial charge < -0.3 is 15.0 Å². The summed E-state index contributed by atoms with van der Waals surface area (Å²) >= 11 is 1.68. The quantitative estimate of drug-likeness (QED) is 0.506. The highest BCUT2D eigenvalue weighted by Gasteiger charge is 2.27. The number of ether oxygens (including phenoxy) is 1. The van der Waals surface area contributed by atoms with E-state index in [1.807, 2.05) is 13.1 Å². The molecule has 0 radical (unpaired) electrons. The Kier molecular flexibility index (Phi) is 6.83. The Morgan fingerprint density at radius 3 is 2.78 bits per heavy atom. The van der Waals surface area contributed by atoms with Crippen LogP contribution in [-0.4, -0.2) is 48.1 Å². The van der Waals surface area contributed by atoms with Gasteiger partial charge in [-0.15, -0.1) is 11.3 Å². The second-order valence-corrected chi connectivity index (χ2v) is 6.87. The number of esters is 1. The topological polar surface area (TPSA) is 66.8 Å². The number of piperidine rings is 1. The van der Waals surface area contributed by atoms with Gasteiger partial charge in [0.25, 0.3) is 0 Å². The Bertz CT molecular complexity index is 536. The minimum atomic E-state index is -0.0626. The number of carbonyl (C=O) groups excluding carboxylic acids is 1. The van der Waals surface area contributed by atoms with Crippen LogP contribution in [0.4, 0.5) is 0 Å². The van der Waals surface area contributed by atoms with Crippen LogP contribution in [0.3, 0.4) is 0 Å². The van der Waals surface area contributed by atoms with Gasteiger partial charge in [-0.1, -0.05) is 0 Å². The predicted octanol–water partition coefficient (Wildman–Crippen LogP) is 2.19. The number of nitrogens with one attached hydrogen (secondary N) is 1. The van der Waals surface area contributed by atoms with Gasteiger partial charge in [0.15, 0.2) is 5.96 Å². The smallest absolute Gasteiger partial charge is 0.309 e. The summed E-state index contributed by atoms with van der Waals surface area (Å²) in [6, 6.07) is 0. The lowest BCUT2D eigenvalue weighted by molar-refractivity contribution is -0.149. The van der Waals surface area contributed by atoms with Crippen LogP contribution in [0, 0.1) is 12.8 Å². The summed E-state index contributed by atoms with van der Waals surface area (Å²) in [6.07, 6.45) is 3.52. The van der Waals surface area contributed by atoms with Gasteiger partial charge in [-0.05, 0) is 33.6 Å². The van der Waals surface area contributed by atoms with Crippen LogP contribution < -0.4 is 5.32 Å². The second-order valence-electron chi connectivity index (χ2n) is 5.55. The number of aryl methyl sites for hydroxylation is 1. The van der Waals surface area contributed by atoms with E-state index in [9.17, 15) is 4.79 Å². The zero-order valence-electron chi connectivity index (χ0n) is 14.2. The van der Waals surface area contributed by atoms with Gasteiger partial charge in [-0.3, -0.25) is 4.79 Å². The molecule has 0 aliphatic carbocycles. The monoisotopic (exact) mass is 338 g/mol. The van der Waals surface area contributed by atoms with E-state index in [4.69, 9.17) is 9.73 Å². The normalized spacial score (nSPS) is 16.5. The largest absolute Gasteiger partial charge is 0.466 e. The van der Waals surface area contributed by atoms with Gasteiger partial charge in [0, 0.05) is 30.7 Å². The third-order valence-electron chi connectivity index (χ3n) is 3.78. The SMILES string of the molecule is CCNC(=NCc1ncc(C)s1)N1CCC(C(=O)OCC)CC1. The van der Waals surface area contributed by atoms with Crippen LogP contribution in [0.25, 0.3) is 0 Å². The standard InChI is InChI=1S/C16H26N4O2S/c1-4-17-16(19-11-14-18-10-12(3)23-14)20-8-6-13(7-9-20)15(21)22-5-2/h10,13H,4-9,11H2,1-3H3,(H,17,19). The van der Waals surface area contributed by atoms with Crippen LogP contribution >= 0.6 is 11.3 Å². The summed E-state index contributed by atoms with van der Waals surface area (Å²) in [7, 11) is 0. The number of hydrogen-bond acceptors (Lipinski definition) is 5. The minimum Gasteiger partial charge on any atom is -0.466 e. The third-order valence-corrected chi connectivity index (χ3v) is 4.68. The molecule has 0 bridgehead atoms. The Balaban J connectivity index is 1.92. The molecule has 0 saturated carbocycles. The molecule has 1 aromatic heterocycles. The van der Waals surface area contributed by atoms with Gasteiger partial charge in [-0.25, -0.2) is 9.98 Å². The maximum absolute atomic E-state index is 11.8. The number of carbonyl (C=O) groups is 1. The third kappa shape index (κ3) is 5.20. The van der Waals surface area contributed by atoms with Crippen LogP contribution in [0.15, 0.2) is 11.2 Å². The lowest BCUT2D eigenvalue weighted by Gasteiger charge is -2.33. The fourth-order valence-electron chi connectivity index (χ4n) is 2.63. The lowest BCUT2D eigenvalue weighted by Crippen LogP contribution is -2.46. The molecule has 0 atom stereocenters. The molecular formula is C16H26N4O2S. The number of nitrogens with zero attached hydrogens (tertiary/aromatic N) is 3. The van der Waals surface area contributed by atoms with Gasteiger partial charge in [0.1, 0.15) is 5.01 Å². The average molecular weight is 338 g/mol. The summed E-state index contributed by atoms with van der Waals surface area (Å²) in [5.74, 6) is 0.866. The van der Waals surface area contributed by atoms with Crippen molar-refractivity contribution < 1.29 is 9.53 Å². The second kappa shape index (κ2) is 8.86. The zero-order valence-corrected chi connectivity index (χ0v) is 15.0. The van der Waals surface area contributed by atoms with E-state index in [2.05, 4.69) is 29.0 Å². The zero-order chi connectivity index (χ0) is 16.7. The number of guanidine groups is 1. The van der Waals surface area contributed by atoms with Crippen molar-refractivity contribution in [2.45, 2.75) is 40.2 Å². The maximum atomic E-state index is 11.8. The molecule has 1 aliphatic heterocycles. The van der Waals surface area contributed by atoms with E-state index in [0.29, 0.717) is 13.2 Å². The van der Waals surface area contributed by atoms with Crippen LogP contribution in [0.5, 0.6) is 0 Å². The molecule has 1 aliphatic rings. The van der Waals surface area contributed by atoms with E-state index in [-0.39, 0.29) is 11.9 Å². The molecule has 6 nitrogen and oxygen atoms in total. The number of aromatic nitrogens is 1. The Hall–Kier alpha value is -1.63. The molecular weight excluding hydrogens is 312 g/mol. The Labute approximate surface area is 142 Å². The molecule has 0 amide bonds. The molecule has 0 unspecified atom stereocenters. The highest BCUT2D eigenvalue weighted by atomic mass is 32.1.